The minimum absolute atomic E-state index is 0.259. The molecule has 0 aliphatic carbocycles. The van der Waals surface area contributed by atoms with E-state index >= 15 is 0 Å². The Labute approximate surface area is 161 Å². The van der Waals surface area contributed by atoms with Crippen molar-refractivity contribution in [3.05, 3.63) is 30.6 Å². The smallest absolute Gasteiger partial charge is 0.243 e. The first-order chi connectivity index (χ1) is 12.9. The number of hydrogen-bond donors (Lipinski definition) is 3. The molecule has 9 heteroatoms. The van der Waals surface area contributed by atoms with Crippen LogP contribution in [0.5, 0.6) is 0 Å². The summed E-state index contributed by atoms with van der Waals surface area (Å²) in [6.45, 7) is 7.41. The van der Waals surface area contributed by atoms with Gasteiger partial charge in [-0.25, -0.2) is 18.4 Å². The Morgan fingerprint density at radius 3 is 2.26 bits per heavy atom. The second-order valence-corrected chi connectivity index (χ2v) is 7.94. The third kappa shape index (κ3) is 5.08. The van der Waals surface area contributed by atoms with Crippen molar-refractivity contribution in [1.29, 1.82) is 0 Å². The molecule has 0 unspecified atom stereocenters. The summed E-state index contributed by atoms with van der Waals surface area (Å²) in [4.78, 5) is 8.60. The van der Waals surface area contributed by atoms with Crippen LogP contribution in [-0.4, -0.2) is 42.3 Å². The summed E-state index contributed by atoms with van der Waals surface area (Å²) >= 11 is 0. The van der Waals surface area contributed by atoms with Gasteiger partial charge in [0.25, 0.3) is 0 Å². The lowest BCUT2D eigenvalue weighted by atomic mass is 10.3. The van der Waals surface area contributed by atoms with Gasteiger partial charge < -0.3 is 16.4 Å². The topological polar surface area (TPSA) is 113 Å². The maximum Gasteiger partial charge on any atom is 0.243 e. The lowest BCUT2D eigenvalue weighted by molar-refractivity contribution is 0.445. The molecule has 0 atom stereocenters. The summed E-state index contributed by atoms with van der Waals surface area (Å²) in [6.07, 6.45) is 3.53. The van der Waals surface area contributed by atoms with Crippen LogP contribution in [0.25, 0.3) is 0 Å². The number of unbranched alkanes of at least 4 members (excludes halogenated alkanes) is 1. The molecule has 8 nitrogen and oxygen atoms in total. The van der Waals surface area contributed by atoms with Gasteiger partial charge in [-0.05, 0) is 30.7 Å². The van der Waals surface area contributed by atoms with E-state index in [-0.39, 0.29) is 4.90 Å². The third-order valence-corrected chi connectivity index (χ3v) is 6.23. The number of nitrogen functional groups attached to an aromatic ring is 1. The monoisotopic (exact) mass is 392 g/mol. The molecule has 0 amide bonds. The summed E-state index contributed by atoms with van der Waals surface area (Å²) in [7, 11) is -3.47. The van der Waals surface area contributed by atoms with Gasteiger partial charge >= 0.3 is 0 Å². The van der Waals surface area contributed by atoms with Gasteiger partial charge in [0.1, 0.15) is 12.0 Å². The first-order valence-corrected chi connectivity index (χ1v) is 10.6. The van der Waals surface area contributed by atoms with E-state index in [2.05, 4.69) is 27.5 Å². The highest BCUT2D eigenvalue weighted by molar-refractivity contribution is 7.89. The molecule has 148 valence electrons. The number of aromatic nitrogens is 2. The summed E-state index contributed by atoms with van der Waals surface area (Å²) < 4.78 is 26.5. The second-order valence-electron chi connectivity index (χ2n) is 6.00. The Bertz CT molecular complexity index is 835. The van der Waals surface area contributed by atoms with Crippen LogP contribution < -0.4 is 16.4 Å². The van der Waals surface area contributed by atoms with Crippen molar-refractivity contribution in [2.45, 2.75) is 38.5 Å². The average Bonchev–Trinajstić information content (AvgIpc) is 2.66. The van der Waals surface area contributed by atoms with Crippen molar-refractivity contribution >= 4 is 33.0 Å². The van der Waals surface area contributed by atoms with Crippen LogP contribution in [0.3, 0.4) is 0 Å². The second kappa shape index (κ2) is 9.52. The van der Waals surface area contributed by atoms with E-state index in [9.17, 15) is 8.42 Å². The number of anilines is 4. The molecule has 0 radical (unpaired) electrons. The molecule has 0 fully saturated rings. The summed E-state index contributed by atoms with van der Waals surface area (Å²) in [5.74, 6) is 1.06. The van der Waals surface area contributed by atoms with Crippen molar-refractivity contribution in [2.75, 3.05) is 36.0 Å². The van der Waals surface area contributed by atoms with Crippen LogP contribution in [0.1, 0.15) is 33.6 Å². The van der Waals surface area contributed by atoms with Crippen molar-refractivity contribution in [2.24, 2.45) is 0 Å². The van der Waals surface area contributed by atoms with Crippen molar-refractivity contribution < 1.29 is 8.42 Å². The maximum absolute atomic E-state index is 12.5. The standard InChI is InChI=1S/C18H28N6O2S/c1-4-7-12-20-17-16(19)18(22-13-21-17)23-14-8-10-15(11-9-14)27(25,26)24(5-2)6-3/h8-11,13H,4-7,12,19H2,1-3H3,(H2,20,21,22,23). The molecule has 1 aromatic heterocycles. The largest absolute Gasteiger partial charge is 0.393 e. The predicted molar refractivity (Wildman–Crippen MR) is 110 cm³/mol. The third-order valence-electron chi connectivity index (χ3n) is 4.17. The van der Waals surface area contributed by atoms with Crippen LogP contribution >= 0.6 is 0 Å². The van der Waals surface area contributed by atoms with Crippen molar-refractivity contribution in [3.63, 3.8) is 0 Å². The van der Waals surface area contributed by atoms with Gasteiger partial charge in [0.05, 0.1) is 4.90 Å². The van der Waals surface area contributed by atoms with E-state index in [1.165, 1.54) is 10.6 Å². The Kier molecular flexibility index (Phi) is 7.37. The van der Waals surface area contributed by atoms with E-state index in [0.717, 1.165) is 19.4 Å². The molecule has 1 heterocycles. The van der Waals surface area contributed by atoms with E-state index in [0.29, 0.717) is 36.1 Å². The molecule has 0 saturated carbocycles. The molecule has 0 spiro atoms. The highest BCUT2D eigenvalue weighted by atomic mass is 32.2. The van der Waals surface area contributed by atoms with E-state index in [4.69, 9.17) is 5.73 Å². The first kappa shape index (κ1) is 20.9. The van der Waals surface area contributed by atoms with Crippen molar-refractivity contribution in [1.82, 2.24) is 14.3 Å². The number of hydrogen-bond acceptors (Lipinski definition) is 7. The summed E-state index contributed by atoms with van der Waals surface area (Å²) in [5.41, 5.74) is 7.25. The number of rotatable bonds is 10. The fraction of sp³-hybridized carbons (Fsp3) is 0.444. The Hall–Kier alpha value is -2.39. The Morgan fingerprint density at radius 1 is 1.04 bits per heavy atom. The van der Waals surface area contributed by atoms with Gasteiger partial charge in [-0.15, -0.1) is 0 Å². The number of sulfonamides is 1. The van der Waals surface area contributed by atoms with Gasteiger partial charge in [-0.1, -0.05) is 27.2 Å². The first-order valence-electron chi connectivity index (χ1n) is 9.15. The summed E-state index contributed by atoms with van der Waals surface area (Å²) in [5, 5.41) is 6.31. The molecule has 0 aliphatic heterocycles. The molecule has 4 N–H and O–H groups in total. The SMILES string of the molecule is CCCCNc1ncnc(Nc2ccc(S(=O)(=O)N(CC)CC)cc2)c1N. The zero-order valence-corrected chi connectivity index (χ0v) is 16.9. The van der Waals surface area contributed by atoms with E-state index in [1.54, 1.807) is 24.3 Å². The normalized spacial score (nSPS) is 11.6. The molecule has 0 bridgehead atoms. The quantitative estimate of drug-likeness (QED) is 0.533. The van der Waals surface area contributed by atoms with Gasteiger partial charge in [0.2, 0.25) is 10.0 Å². The van der Waals surface area contributed by atoms with Crippen LogP contribution in [0, 0.1) is 0 Å². The molecule has 2 aromatic rings. The zero-order chi connectivity index (χ0) is 19.9. The maximum atomic E-state index is 12.5. The average molecular weight is 393 g/mol. The van der Waals surface area contributed by atoms with Gasteiger partial charge in [-0.3, -0.25) is 0 Å². The van der Waals surface area contributed by atoms with Gasteiger partial charge in [0, 0.05) is 25.3 Å². The number of benzene rings is 1. The molecule has 1 aromatic carbocycles. The molecule has 0 aliphatic rings. The number of nitrogens with one attached hydrogen (secondary N) is 2. The minimum Gasteiger partial charge on any atom is -0.393 e. The van der Waals surface area contributed by atoms with E-state index in [1.807, 2.05) is 13.8 Å². The fourth-order valence-corrected chi connectivity index (χ4v) is 4.04. The number of nitrogens with zero attached hydrogens (tertiary/aromatic N) is 3. The molecule has 0 saturated heterocycles. The highest BCUT2D eigenvalue weighted by Gasteiger charge is 2.21. The fourth-order valence-electron chi connectivity index (χ4n) is 2.58. The zero-order valence-electron chi connectivity index (χ0n) is 16.1. The van der Waals surface area contributed by atoms with Crippen LogP contribution in [0.15, 0.2) is 35.5 Å². The van der Waals surface area contributed by atoms with Gasteiger partial charge in [0.15, 0.2) is 11.6 Å². The predicted octanol–water partition coefficient (Wildman–Crippen LogP) is 3.04. The van der Waals surface area contributed by atoms with Gasteiger partial charge in [-0.2, -0.15) is 4.31 Å². The van der Waals surface area contributed by atoms with Crippen LogP contribution in [-0.2, 0) is 10.0 Å². The molecule has 27 heavy (non-hydrogen) atoms. The number of nitrogens with two attached hydrogens (primary N) is 1. The molecular weight excluding hydrogens is 364 g/mol. The lowest BCUT2D eigenvalue weighted by Crippen LogP contribution is -2.30. The van der Waals surface area contributed by atoms with Crippen molar-refractivity contribution in [3.8, 4) is 0 Å². The Morgan fingerprint density at radius 2 is 1.67 bits per heavy atom. The summed E-state index contributed by atoms with van der Waals surface area (Å²) in [6, 6.07) is 6.55. The highest BCUT2D eigenvalue weighted by Crippen LogP contribution is 2.26. The lowest BCUT2D eigenvalue weighted by Gasteiger charge is -2.18. The van der Waals surface area contributed by atoms with Crippen LogP contribution in [0.4, 0.5) is 23.0 Å². The Balaban J connectivity index is 2.16. The molecular formula is C18H28N6O2S. The molecule has 2 rings (SSSR count). The van der Waals surface area contributed by atoms with Crippen LogP contribution in [0.2, 0.25) is 0 Å². The minimum atomic E-state index is -3.47. The van der Waals surface area contributed by atoms with E-state index < -0.39 is 10.0 Å².